The summed E-state index contributed by atoms with van der Waals surface area (Å²) < 4.78 is 59.0. The molecular formula is C26H21F2N3O4S. The van der Waals surface area contributed by atoms with Crippen LogP contribution in [-0.4, -0.2) is 36.7 Å². The van der Waals surface area contributed by atoms with Gasteiger partial charge in [-0.3, -0.25) is 4.79 Å². The van der Waals surface area contributed by atoms with Crippen molar-refractivity contribution in [2.45, 2.75) is 36.9 Å². The summed E-state index contributed by atoms with van der Waals surface area (Å²) in [6.07, 6.45) is 1.57. The standard InChI is InChI=1S/C26H21F2N3O4S/c1-13-14(6-5-9-21(13)36(2,33)34)23-20(35-26(27)28)11-10-15-22(23)19-12-17(30-25(15)32)24-29-16-7-3-4-8-18(16)31(19)24/h3-11,17,19,26H,12H2,1-2H3,(H,30,32)/t17-,19-/m1/s1. The summed E-state index contributed by atoms with van der Waals surface area (Å²) in [7, 11) is -3.60. The van der Waals surface area contributed by atoms with Crippen LogP contribution in [0.5, 0.6) is 5.75 Å². The van der Waals surface area contributed by atoms with Gasteiger partial charge in [-0.2, -0.15) is 8.78 Å². The molecule has 0 spiro atoms. The molecule has 6 rings (SSSR count). The zero-order valence-corrected chi connectivity index (χ0v) is 20.1. The second-order valence-corrected chi connectivity index (χ2v) is 11.1. The molecule has 184 valence electrons. The molecule has 2 atom stereocenters. The van der Waals surface area contributed by atoms with Gasteiger partial charge in [0.05, 0.1) is 28.0 Å². The lowest BCUT2D eigenvalue weighted by Crippen LogP contribution is -2.28. The molecule has 2 bridgehead atoms. The summed E-state index contributed by atoms with van der Waals surface area (Å²) in [6, 6.07) is 14.3. The third-order valence-electron chi connectivity index (χ3n) is 6.96. The normalized spacial score (nSPS) is 18.6. The molecule has 1 aromatic heterocycles. The van der Waals surface area contributed by atoms with E-state index in [0.717, 1.165) is 17.3 Å². The van der Waals surface area contributed by atoms with Gasteiger partial charge in [-0.15, -0.1) is 0 Å². The first-order valence-electron chi connectivity index (χ1n) is 11.3. The Balaban J connectivity index is 1.71. The number of nitrogens with zero attached hydrogens (tertiary/aromatic N) is 2. The zero-order valence-electron chi connectivity index (χ0n) is 19.3. The second-order valence-electron chi connectivity index (χ2n) is 9.09. The highest BCUT2D eigenvalue weighted by atomic mass is 32.2. The molecule has 4 aromatic rings. The van der Waals surface area contributed by atoms with E-state index < -0.39 is 22.5 Å². The first kappa shape index (κ1) is 22.7. The maximum Gasteiger partial charge on any atom is 0.387 e. The number of imidazole rings is 1. The Kier molecular flexibility index (Phi) is 4.95. The highest BCUT2D eigenvalue weighted by Crippen LogP contribution is 2.50. The molecule has 2 aliphatic rings. The molecular weight excluding hydrogens is 488 g/mol. The first-order valence-corrected chi connectivity index (χ1v) is 13.2. The minimum Gasteiger partial charge on any atom is -0.434 e. The number of ether oxygens (including phenoxy) is 1. The van der Waals surface area contributed by atoms with Gasteiger partial charge in [0.15, 0.2) is 9.84 Å². The number of nitrogens with one attached hydrogen (secondary N) is 1. The van der Waals surface area contributed by atoms with Crippen molar-refractivity contribution in [2.24, 2.45) is 0 Å². The van der Waals surface area contributed by atoms with Crippen molar-refractivity contribution in [1.82, 2.24) is 14.9 Å². The lowest BCUT2D eigenvalue weighted by Gasteiger charge is -2.25. The quantitative estimate of drug-likeness (QED) is 0.427. The molecule has 3 heterocycles. The van der Waals surface area contributed by atoms with Gasteiger partial charge in [-0.05, 0) is 60.4 Å². The lowest BCUT2D eigenvalue weighted by molar-refractivity contribution is -0.0495. The van der Waals surface area contributed by atoms with Crippen molar-refractivity contribution in [2.75, 3.05) is 6.26 Å². The minimum absolute atomic E-state index is 0.0803. The number of carbonyl (C=O) groups is 1. The predicted octanol–water partition coefficient (Wildman–Crippen LogP) is 4.79. The van der Waals surface area contributed by atoms with Crippen molar-refractivity contribution in [3.63, 3.8) is 0 Å². The van der Waals surface area contributed by atoms with E-state index in [1.54, 1.807) is 19.1 Å². The van der Waals surface area contributed by atoms with Crippen molar-refractivity contribution in [1.29, 1.82) is 0 Å². The molecule has 0 aliphatic carbocycles. The van der Waals surface area contributed by atoms with Gasteiger partial charge >= 0.3 is 6.61 Å². The molecule has 36 heavy (non-hydrogen) atoms. The van der Waals surface area contributed by atoms with E-state index in [-0.39, 0.29) is 28.2 Å². The molecule has 2 aliphatic heterocycles. The van der Waals surface area contributed by atoms with Crippen molar-refractivity contribution >= 4 is 26.8 Å². The number of amides is 1. The number of hydrogen-bond donors (Lipinski definition) is 1. The van der Waals surface area contributed by atoms with Gasteiger partial charge in [-0.1, -0.05) is 24.3 Å². The number of para-hydroxylation sites is 2. The summed E-state index contributed by atoms with van der Waals surface area (Å²) in [5, 5.41) is 3.03. The molecule has 0 saturated carbocycles. The summed E-state index contributed by atoms with van der Waals surface area (Å²) in [6.45, 7) is -1.48. The van der Waals surface area contributed by atoms with Crippen LogP contribution in [0.2, 0.25) is 0 Å². The molecule has 10 heteroatoms. The Morgan fingerprint density at radius 3 is 2.61 bits per heavy atom. The maximum atomic E-state index is 13.5. The van der Waals surface area contributed by atoms with Gasteiger partial charge in [0.1, 0.15) is 11.6 Å². The number of hydrogen-bond acceptors (Lipinski definition) is 5. The van der Waals surface area contributed by atoms with Crippen LogP contribution in [0.25, 0.3) is 22.2 Å². The van der Waals surface area contributed by atoms with Crippen LogP contribution in [0, 0.1) is 6.92 Å². The topological polar surface area (TPSA) is 90.3 Å². The van der Waals surface area contributed by atoms with Crippen LogP contribution in [0.1, 0.15) is 45.8 Å². The largest absolute Gasteiger partial charge is 0.434 e. The number of rotatable bonds is 4. The SMILES string of the molecule is Cc1c(-c2c(OC(F)F)ccc3c2[C@H]2C[C@@H](NC3=O)c3nc4ccccc4n32)cccc1S(C)(=O)=O. The fraction of sp³-hybridized carbons (Fsp3) is 0.231. The highest BCUT2D eigenvalue weighted by Gasteiger charge is 2.42. The van der Waals surface area contributed by atoms with Gasteiger partial charge in [0.2, 0.25) is 0 Å². The van der Waals surface area contributed by atoms with Crippen LogP contribution >= 0.6 is 0 Å². The minimum atomic E-state index is -3.60. The number of sulfone groups is 1. The van der Waals surface area contributed by atoms with Crippen molar-refractivity contribution in [3.05, 3.63) is 77.1 Å². The van der Waals surface area contributed by atoms with E-state index in [0.29, 0.717) is 34.5 Å². The average Bonchev–Trinajstić information content (AvgIpc) is 3.31. The monoisotopic (exact) mass is 509 g/mol. The fourth-order valence-electron chi connectivity index (χ4n) is 5.58. The summed E-state index contributed by atoms with van der Waals surface area (Å²) in [5.41, 5.74) is 3.53. The van der Waals surface area contributed by atoms with Gasteiger partial charge < -0.3 is 14.6 Å². The van der Waals surface area contributed by atoms with E-state index in [1.807, 2.05) is 28.8 Å². The lowest BCUT2D eigenvalue weighted by atomic mass is 9.87. The van der Waals surface area contributed by atoms with E-state index >= 15 is 0 Å². The average molecular weight is 510 g/mol. The molecule has 0 fully saturated rings. The van der Waals surface area contributed by atoms with E-state index in [2.05, 4.69) is 5.32 Å². The van der Waals surface area contributed by atoms with Gasteiger partial charge in [0.25, 0.3) is 5.91 Å². The smallest absolute Gasteiger partial charge is 0.387 e. The van der Waals surface area contributed by atoms with Crippen molar-refractivity contribution in [3.8, 4) is 16.9 Å². The molecule has 1 amide bonds. The van der Waals surface area contributed by atoms with Crippen molar-refractivity contribution < 1.29 is 26.7 Å². The molecule has 1 N–H and O–H groups in total. The maximum absolute atomic E-state index is 13.5. The van der Waals surface area contributed by atoms with Crippen LogP contribution in [-0.2, 0) is 9.84 Å². The third kappa shape index (κ3) is 3.31. The predicted molar refractivity (Wildman–Crippen MR) is 129 cm³/mol. The van der Waals surface area contributed by atoms with Crippen LogP contribution in [0.15, 0.2) is 59.5 Å². The molecule has 3 aromatic carbocycles. The third-order valence-corrected chi connectivity index (χ3v) is 8.21. The Hall–Kier alpha value is -3.79. The summed E-state index contributed by atoms with van der Waals surface area (Å²) in [5.74, 6) is 0.215. The van der Waals surface area contributed by atoms with Gasteiger partial charge in [0, 0.05) is 17.4 Å². The Labute approximate surface area is 205 Å². The Morgan fingerprint density at radius 2 is 1.86 bits per heavy atom. The number of alkyl halides is 2. The molecule has 0 radical (unpaired) electrons. The summed E-state index contributed by atoms with van der Waals surface area (Å²) >= 11 is 0. The summed E-state index contributed by atoms with van der Waals surface area (Å²) in [4.78, 5) is 18.1. The fourth-order valence-corrected chi connectivity index (χ4v) is 6.57. The highest BCUT2D eigenvalue weighted by molar-refractivity contribution is 7.90. The van der Waals surface area contributed by atoms with E-state index in [4.69, 9.17) is 9.72 Å². The number of aromatic nitrogens is 2. The van der Waals surface area contributed by atoms with E-state index in [1.165, 1.54) is 18.2 Å². The molecule has 0 unspecified atom stereocenters. The molecule has 7 nitrogen and oxygen atoms in total. The number of benzene rings is 3. The first-order chi connectivity index (χ1) is 17.1. The number of fused-ring (bicyclic) bond motifs is 9. The molecule has 0 saturated heterocycles. The van der Waals surface area contributed by atoms with Gasteiger partial charge in [-0.25, -0.2) is 13.4 Å². The number of halogens is 2. The Morgan fingerprint density at radius 1 is 1.08 bits per heavy atom. The van der Waals surface area contributed by atoms with Crippen LogP contribution in [0.4, 0.5) is 8.78 Å². The Bertz CT molecular complexity index is 1680. The van der Waals surface area contributed by atoms with Crippen LogP contribution in [0.3, 0.4) is 0 Å². The number of carbonyl (C=O) groups excluding carboxylic acids is 1. The van der Waals surface area contributed by atoms with Crippen LogP contribution < -0.4 is 10.1 Å². The second kappa shape index (κ2) is 7.86. The van der Waals surface area contributed by atoms with E-state index in [9.17, 15) is 22.0 Å². The zero-order chi connectivity index (χ0) is 25.4.